The zero-order chi connectivity index (χ0) is 9.42. The molecule has 1 heterocycles. The van der Waals surface area contributed by atoms with Crippen LogP contribution in [0, 0.1) is 5.92 Å². The smallest absolute Gasteiger partial charge is 0.202 e. The molecular weight excluding hydrogens is 168 g/mol. The lowest BCUT2D eigenvalue weighted by Crippen LogP contribution is -2.33. The predicted octanol–water partition coefficient (Wildman–Crippen LogP) is 1.07. The summed E-state index contributed by atoms with van der Waals surface area (Å²) in [5, 5.41) is 19.2. The van der Waals surface area contributed by atoms with Crippen LogP contribution in [0.2, 0.25) is 0 Å². The highest BCUT2D eigenvalue weighted by Crippen LogP contribution is 2.36. The minimum absolute atomic E-state index is 0.283. The van der Waals surface area contributed by atoms with E-state index in [2.05, 4.69) is 0 Å². The standard InChI is InChI=1S/C10H12O3/c1-6-9(11)7-4-2-3-5-8(7)13-10(6)12/h2-6,9-12H,1H3. The molecule has 2 rings (SSSR count). The molecule has 0 saturated heterocycles. The molecule has 2 N–H and O–H groups in total. The third-order valence-corrected chi connectivity index (χ3v) is 2.43. The average Bonchev–Trinajstić information content (AvgIpc) is 2.15. The van der Waals surface area contributed by atoms with Gasteiger partial charge in [-0.15, -0.1) is 0 Å². The Hall–Kier alpha value is -1.06. The normalized spacial score (nSPS) is 32.1. The molecule has 3 heteroatoms. The fourth-order valence-electron chi connectivity index (χ4n) is 1.51. The molecule has 0 radical (unpaired) electrons. The second kappa shape index (κ2) is 3.01. The van der Waals surface area contributed by atoms with Gasteiger partial charge in [-0.25, -0.2) is 0 Å². The minimum Gasteiger partial charge on any atom is -0.464 e. The van der Waals surface area contributed by atoms with Gasteiger partial charge in [-0.1, -0.05) is 25.1 Å². The summed E-state index contributed by atoms with van der Waals surface area (Å²) >= 11 is 0. The van der Waals surface area contributed by atoms with Crippen LogP contribution >= 0.6 is 0 Å². The van der Waals surface area contributed by atoms with Gasteiger partial charge in [-0.3, -0.25) is 0 Å². The fraction of sp³-hybridized carbons (Fsp3) is 0.400. The topological polar surface area (TPSA) is 49.7 Å². The lowest BCUT2D eigenvalue weighted by Gasteiger charge is -2.31. The van der Waals surface area contributed by atoms with Crippen molar-refractivity contribution < 1.29 is 14.9 Å². The number of aliphatic hydroxyl groups is 2. The van der Waals surface area contributed by atoms with E-state index in [1.807, 2.05) is 18.2 Å². The maximum absolute atomic E-state index is 9.76. The molecular formula is C10H12O3. The molecule has 1 aliphatic rings. The Kier molecular flexibility index (Phi) is 1.98. The SMILES string of the molecule is CC1C(O)Oc2ccccc2C1O. The van der Waals surface area contributed by atoms with E-state index in [4.69, 9.17) is 4.74 Å². The largest absolute Gasteiger partial charge is 0.464 e. The molecule has 3 atom stereocenters. The molecule has 0 bridgehead atoms. The highest BCUT2D eigenvalue weighted by atomic mass is 16.6. The summed E-state index contributed by atoms with van der Waals surface area (Å²) < 4.78 is 5.21. The molecule has 13 heavy (non-hydrogen) atoms. The Morgan fingerprint density at radius 2 is 1.92 bits per heavy atom. The van der Waals surface area contributed by atoms with Crippen molar-refractivity contribution in [3.63, 3.8) is 0 Å². The predicted molar refractivity (Wildman–Crippen MR) is 47.2 cm³/mol. The maximum atomic E-state index is 9.76. The van der Waals surface area contributed by atoms with Crippen LogP contribution in [0.4, 0.5) is 0 Å². The molecule has 0 amide bonds. The van der Waals surface area contributed by atoms with E-state index in [0.717, 1.165) is 5.56 Å². The van der Waals surface area contributed by atoms with E-state index in [0.29, 0.717) is 5.75 Å². The quantitative estimate of drug-likeness (QED) is 0.627. The van der Waals surface area contributed by atoms with Crippen molar-refractivity contribution in [1.82, 2.24) is 0 Å². The van der Waals surface area contributed by atoms with Crippen molar-refractivity contribution in [3.05, 3.63) is 29.8 Å². The molecule has 0 aromatic heterocycles. The number of benzene rings is 1. The van der Waals surface area contributed by atoms with Crippen molar-refractivity contribution in [2.24, 2.45) is 5.92 Å². The summed E-state index contributed by atoms with van der Waals surface area (Å²) in [6.07, 6.45) is -1.55. The Morgan fingerprint density at radius 1 is 1.23 bits per heavy atom. The van der Waals surface area contributed by atoms with Gasteiger partial charge in [0.2, 0.25) is 6.29 Å². The molecule has 1 aromatic carbocycles. The van der Waals surface area contributed by atoms with Crippen LogP contribution in [0.3, 0.4) is 0 Å². The highest BCUT2D eigenvalue weighted by molar-refractivity contribution is 5.37. The van der Waals surface area contributed by atoms with Gasteiger partial charge in [-0.2, -0.15) is 0 Å². The van der Waals surface area contributed by atoms with Crippen LogP contribution in [0.15, 0.2) is 24.3 Å². The third-order valence-electron chi connectivity index (χ3n) is 2.43. The molecule has 1 aliphatic heterocycles. The molecule has 1 aromatic rings. The summed E-state index contributed by atoms with van der Waals surface area (Å²) in [5.41, 5.74) is 0.750. The van der Waals surface area contributed by atoms with Crippen molar-refractivity contribution in [1.29, 1.82) is 0 Å². The molecule has 0 fully saturated rings. The Labute approximate surface area is 76.6 Å². The summed E-state index contributed by atoms with van der Waals surface area (Å²) in [6, 6.07) is 7.21. The number of hydrogen-bond acceptors (Lipinski definition) is 3. The molecule has 0 saturated carbocycles. The lowest BCUT2D eigenvalue weighted by atomic mass is 9.94. The molecule has 3 unspecified atom stereocenters. The average molecular weight is 180 g/mol. The Morgan fingerprint density at radius 3 is 2.69 bits per heavy atom. The molecule has 0 spiro atoms. The van der Waals surface area contributed by atoms with E-state index >= 15 is 0 Å². The summed E-state index contributed by atoms with van der Waals surface area (Å²) in [5.74, 6) is 0.287. The van der Waals surface area contributed by atoms with E-state index in [-0.39, 0.29) is 5.92 Å². The van der Waals surface area contributed by atoms with Crippen LogP contribution in [-0.4, -0.2) is 16.5 Å². The molecule has 3 nitrogen and oxygen atoms in total. The summed E-state index contributed by atoms with van der Waals surface area (Å²) in [7, 11) is 0. The van der Waals surface area contributed by atoms with E-state index in [1.54, 1.807) is 13.0 Å². The van der Waals surface area contributed by atoms with Crippen LogP contribution in [-0.2, 0) is 0 Å². The van der Waals surface area contributed by atoms with Crippen molar-refractivity contribution in [2.45, 2.75) is 19.3 Å². The van der Waals surface area contributed by atoms with Crippen LogP contribution in [0.25, 0.3) is 0 Å². The molecule has 0 aliphatic carbocycles. The monoisotopic (exact) mass is 180 g/mol. The highest BCUT2D eigenvalue weighted by Gasteiger charge is 2.32. The van der Waals surface area contributed by atoms with Gasteiger partial charge in [0.25, 0.3) is 0 Å². The van der Waals surface area contributed by atoms with Crippen molar-refractivity contribution >= 4 is 0 Å². The van der Waals surface area contributed by atoms with Crippen molar-refractivity contribution in [2.75, 3.05) is 0 Å². The first-order valence-corrected chi connectivity index (χ1v) is 4.32. The van der Waals surface area contributed by atoms with Gasteiger partial charge in [0, 0.05) is 11.5 Å². The number of fused-ring (bicyclic) bond motifs is 1. The van der Waals surface area contributed by atoms with Crippen LogP contribution in [0.1, 0.15) is 18.6 Å². The third kappa shape index (κ3) is 1.30. The maximum Gasteiger partial charge on any atom is 0.202 e. The van der Waals surface area contributed by atoms with Gasteiger partial charge in [0.15, 0.2) is 0 Å². The number of hydrogen-bond donors (Lipinski definition) is 2. The number of para-hydroxylation sites is 1. The van der Waals surface area contributed by atoms with E-state index in [1.165, 1.54) is 0 Å². The van der Waals surface area contributed by atoms with E-state index in [9.17, 15) is 10.2 Å². The van der Waals surface area contributed by atoms with Gasteiger partial charge < -0.3 is 14.9 Å². The van der Waals surface area contributed by atoms with Crippen molar-refractivity contribution in [3.8, 4) is 5.75 Å². The first kappa shape index (κ1) is 8.53. The van der Waals surface area contributed by atoms with Gasteiger partial charge in [0.05, 0.1) is 6.10 Å². The zero-order valence-electron chi connectivity index (χ0n) is 7.34. The van der Waals surface area contributed by atoms with Crippen LogP contribution < -0.4 is 4.74 Å². The Balaban J connectivity index is 2.43. The Bertz CT molecular complexity index is 311. The second-order valence-corrected chi connectivity index (χ2v) is 3.35. The first-order valence-electron chi connectivity index (χ1n) is 4.32. The lowest BCUT2D eigenvalue weighted by molar-refractivity contribution is -0.111. The van der Waals surface area contributed by atoms with Gasteiger partial charge >= 0.3 is 0 Å². The summed E-state index contributed by atoms with van der Waals surface area (Å²) in [6.45, 7) is 1.76. The van der Waals surface area contributed by atoms with Gasteiger partial charge in [-0.05, 0) is 6.07 Å². The second-order valence-electron chi connectivity index (χ2n) is 3.35. The number of ether oxygens (including phenoxy) is 1. The van der Waals surface area contributed by atoms with Gasteiger partial charge in [0.1, 0.15) is 5.75 Å². The zero-order valence-corrected chi connectivity index (χ0v) is 7.34. The first-order chi connectivity index (χ1) is 6.20. The summed E-state index contributed by atoms with van der Waals surface area (Å²) in [4.78, 5) is 0. The fourth-order valence-corrected chi connectivity index (χ4v) is 1.51. The number of aliphatic hydroxyl groups excluding tert-OH is 2. The van der Waals surface area contributed by atoms with Crippen LogP contribution in [0.5, 0.6) is 5.75 Å². The minimum atomic E-state index is -0.912. The molecule has 70 valence electrons. The number of rotatable bonds is 0. The van der Waals surface area contributed by atoms with E-state index < -0.39 is 12.4 Å².